The third-order valence-corrected chi connectivity index (χ3v) is 4.52. The number of carbonyl (C=O) groups is 1. The predicted molar refractivity (Wildman–Crippen MR) is 101 cm³/mol. The van der Waals surface area contributed by atoms with Gasteiger partial charge in [0.05, 0.1) is 6.54 Å². The highest BCUT2D eigenvalue weighted by molar-refractivity contribution is 6.36. The topological polar surface area (TPSA) is 106 Å². The van der Waals surface area contributed by atoms with Crippen LogP contribution in [0.15, 0.2) is 41.8 Å². The molecule has 3 aromatic rings. The molecule has 1 atom stereocenters. The second-order valence-corrected chi connectivity index (χ2v) is 6.76. The van der Waals surface area contributed by atoms with Gasteiger partial charge in [0.25, 0.3) is 11.5 Å². The maximum Gasteiger partial charge on any atom is 0.263 e. The maximum atomic E-state index is 12.3. The molecule has 0 radical (unpaired) electrons. The standard InChI is InChI=1S/C17H16Cl2N6O2/c1-10(7-25-9-20-8-22-25)23-16(26)12-6-21-15(24-17(12)27)5-11-13(18)3-2-4-14(11)19/h2-4,6,8-10H,5,7H2,1H3,(H,23,26)(H,21,24,27)/t10-/m1/s1. The third kappa shape index (κ3) is 4.72. The molecule has 0 spiro atoms. The second kappa shape index (κ2) is 8.32. The van der Waals surface area contributed by atoms with E-state index in [1.807, 2.05) is 0 Å². The van der Waals surface area contributed by atoms with Gasteiger partial charge in [0.15, 0.2) is 0 Å². The summed E-state index contributed by atoms with van der Waals surface area (Å²) in [6.07, 6.45) is 4.45. The number of benzene rings is 1. The molecule has 0 aliphatic carbocycles. The van der Waals surface area contributed by atoms with Gasteiger partial charge in [0.2, 0.25) is 0 Å². The Labute approximate surface area is 164 Å². The van der Waals surface area contributed by atoms with Crippen molar-refractivity contribution in [3.8, 4) is 0 Å². The van der Waals surface area contributed by atoms with Crippen LogP contribution in [0.25, 0.3) is 0 Å². The van der Waals surface area contributed by atoms with Crippen molar-refractivity contribution in [3.05, 3.63) is 74.4 Å². The number of aromatic amines is 1. The fraction of sp³-hybridized carbons (Fsp3) is 0.235. The molecular weight excluding hydrogens is 391 g/mol. The first kappa shape index (κ1) is 19.1. The number of aromatic nitrogens is 5. The van der Waals surface area contributed by atoms with Crippen molar-refractivity contribution in [3.63, 3.8) is 0 Å². The highest BCUT2D eigenvalue weighted by Gasteiger charge is 2.16. The van der Waals surface area contributed by atoms with Crippen molar-refractivity contribution >= 4 is 29.1 Å². The highest BCUT2D eigenvalue weighted by atomic mass is 35.5. The van der Waals surface area contributed by atoms with E-state index in [2.05, 4.69) is 25.4 Å². The lowest BCUT2D eigenvalue weighted by Crippen LogP contribution is -2.38. The average Bonchev–Trinajstić information content (AvgIpc) is 3.11. The number of halogens is 2. The number of amides is 1. The van der Waals surface area contributed by atoms with Crippen molar-refractivity contribution in [1.29, 1.82) is 0 Å². The van der Waals surface area contributed by atoms with Crippen LogP contribution in [0, 0.1) is 0 Å². The number of nitrogens with one attached hydrogen (secondary N) is 2. The van der Waals surface area contributed by atoms with Crippen LogP contribution in [0.3, 0.4) is 0 Å². The minimum atomic E-state index is -0.534. The van der Waals surface area contributed by atoms with Crippen LogP contribution in [0.1, 0.15) is 28.7 Å². The van der Waals surface area contributed by atoms with Gasteiger partial charge in [-0.15, -0.1) is 0 Å². The monoisotopic (exact) mass is 406 g/mol. The molecule has 0 bridgehead atoms. The summed E-state index contributed by atoms with van der Waals surface area (Å²) in [5, 5.41) is 7.67. The SMILES string of the molecule is C[C@H](Cn1cncn1)NC(=O)c1cnc(Cc2c(Cl)cccc2Cl)[nH]c1=O. The molecule has 1 amide bonds. The van der Waals surface area contributed by atoms with E-state index in [1.165, 1.54) is 12.5 Å². The summed E-state index contributed by atoms with van der Waals surface area (Å²) >= 11 is 12.3. The largest absolute Gasteiger partial charge is 0.347 e. The van der Waals surface area contributed by atoms with E-state index in [-0.39, 0.29) is 18.0 Å². The van der Waals surface area contributed by atoms with Crippen LogP contribution >= 0.6 is 23.2 Å². The van der Waals surface area contributed by atoms with E-state index in [0.717, 1.165) is 0 Å². The molecule has 2 N–H and O–H groups in total. The summed E-state index contributed by atoms with van der Waals surface area (Å²) in [5.41, 5.74) is 0.0470. The van der Waals surface area contributed by atoms with Gasteiger partial charge in [0.1, 0.15) is 24.0 Å². The fourth-order valence-corrected chi connectivity index (χ4v) is 3.04. The molecule has 0 unspecified atom stereocenters. The first-order valence-corrected chi connectivity index (χ1v) is 8.84. The number of hydrogen-bond acceptors (Lipinski definition) is 5. The van der Waals surface area contributed by atoms with Crippen molar-refractivity contribution < 1.29 is 4.79 Å². The average molecular weight is 407 g/mol. The number of hydrogen-bond donors (Lipinski definition) is 2. The Balaban J connectivity index is 1.70. The Bertz CT molecular complexity index is 983. The summed E-state index contributed by atoms with van der Waals surface area (Å²) in [5.74, 6) is -0.152. The van der Waals surface area contributed by atoms with E-state index >= 15 is 0 Å². The van der Waals surface area contributed by atoms with Crippen LogP contribution in [0.5, 0.6) is 0 Å². The molecule has 0 saturated carbocycles. The summed E-state index contributed by atoms with van der Waals surface area (Å²) in [6.45, 7) is 2.23. The summed E-state index contributed by atoms with van der Waals surface area (Å²) < 4.78 is 1.59. The first-order valence-electron chi connectivity index (χ1n) is 8.08. The van der Waals surface area contributed by atoms with Gasteiger partial charge in [-0.1, -0.05) is 29.3 Å². The molecule has 0 aliphatic rings. The molecule has 0 saturated heterocycles. The summed E-state index contributed by atoms with van der Waals surface area (Å²) in [4.78, 5) is 35.2. The molecule has 3 rings (SSSR count). The minimum Gasteiger partial charge on any atom is -0.347 e. The number of carbonyl (C=O) groups excluding carboxylic acids is 1. The van der Waals surface area contributed by atoms with Gasteiger partial charge in [-0.3, -0.25) is 14.3 Å². The van der Waals surface area contributed by atoms with Gasteiger partial charge in [-0.05, 0) is 24.6 Å². The number of H-pyrrole nitrogens is 1. The molecule has 0 aliphatic heterocycles. The molecule has 0 fully saturated rings. The lowest BCUT2D eigenvalue weighted by Gasteiger charge is -2.13. The van der Waals surface area contributed by atoms with E-state index in [9.17, 15) is 9.59 Å². The van der Waals surface area contributed by atoms with E-state index in [4.69, 9.17) is 23.2 Å². The summed E-state index contributed by atoms with van der Waals surface area (Å²) in [6, 6.07) is 4.90. The van der Waals surface area contributed by atoms with Gasteiger partial charge in [0, 0.05) is 28.7 Å². The smallest absolute Gasteiger partial charge is 0.263 e. The molecule has 10 heteroatoms. The van der Waals surface area contributed by atoms with Gasteiger partial charge >= 0.3 is 0 Å². The van der Waals surface area contributed by atoms with E-state index in [1.54, 1.807) is 36.1 Å². The molecule has 2 heterocycles. The second-order valence-electron chi connectivity index (χ2n) is 5.94. The van der Waals surface area contributed by atoms with Crippen LogP contribution in [-0.4, -0.2) is 36.7 Å². The molecule has 1 aromatic carbocycles. The molecule has 140 valence electrons. The van der Waals surface area contributed by atoms with Crippen molar-refractivity contribution in [2.75, 3.05) is 0 Å². The van der Waals surface area contributed by atoms with Crippen LogP contribution < -0.4 is 10.9 Å². The zero-order chi connectivity index (χ0) is 19.4. The molecule has 27 heavy (non-hydrogen) atoms. The van der Waals surface area contributed by atoms with Gasteiger partial charge in [-0.25, -0.2) is 9.97 Å². The Morgan fingerprint density at radius 1 is 1.33 bits per heavy atom. The van der Waals surface area contributed by atoms with Crippen molar-refractivity contribution in [2.45, 2.75) is 25.9 Å². The number of nitrogens with zero attached hydrogens (tertiary/aromatic N) is 4. The van der Waals surface area contributed by atoms with Crippen LogP contribution in [0.2, 0.25) is 10.0 Å². The highest BCUT2D eigenvalue weighted by Crippen LogP contribution is 2.25. The Hall–Kier alpha value is -2.71. The van der Waals surface area contributed by atoms with Crippen LogP contribution in [-0.2, 0) is 13.0 Å². The minimum absolute atomic E-state index is 0.0746. The summed E-state index contributed by atoms with van der Waals surface area (Å²) in [7, 11) is 0. The zero-order valence-corrected chi connectivity index (χ0v) is 15.8. The Morgan fingerprint density at radius 2 is 2.07 bits per heavy atom. The van der Waals surface area contributed by atoms with Gasteiger partial charge in [-0.2, -0.15) is 5.10 Å². The Kier molecular flexibility index (Phi) is 5.88. The van der Waals surface area contributed by atoms with E-state index < -0.39 is 11.5 Å². The third-order valence-electron chi connectivity index (χ3n) is 3.81. The van der Waals surface area contributed by atoms with Crippen molar-refractivity contribution in [2.24, 2.45) is 0 Å². The normalized spacial score (nSPS) is 12.0. The lowest BCUT2D eigenvalue weighted by atomic mass is 10.1. The van der Waals surface area contributed by atoms with Crippen molar-refractivity contribution in [1.82, 2.24) is 30.0 Å². The first-order chi connectivity index (χ1) is 12.9. The molecular formula is C17H16Cl2N6O2. The van der Waals surface area contributed by atoms with Gasteiger partial charge < -0.3 is 10.3 Å². The Morgan fingerprint density at radius 3 is 2.70 bits per heavy atom. The quantitative estimate of drug-likeness (QED) is 0.651. The maximum absolute atomic E-state index is 12.3. The lowest BCUT2D eigenvalue weighted by molar-refractivity contribution is 0.0934. The predicted octanol–water partition coefficient (Wildman–Crippen LogP) is 2.08. The fourth-order valence-electron chi connectivity index (χ4n) is 2.51. The number of rotatable bonds is 6. The molecule has 2 aromatic heterocycles. The zero-order valence-electron chi connectivity index (χ0n) is 14.3. The van der Waals surface area contributed by atoms with Crippen LogP contribution in [0.4, 0.5) is 0 Å². The van der Waals surface area contributed by atoms with E-state index in [0.29, 0.717) is 28.0 Å². The molecule has 8 nitrogen and oxygen atoms in total.